The molecule has 1 heterocycles. The summed E-state index contributed by atoms with van der Waals surface area (Å²) in [4.78, 5) is 3.94. The van der Waals surface area contributed by atoms with E-state index in [0.717, 1.165) is 19.3 Å². The van der Waals surface area contributed by atoms with Gasteiger partial charge >= 0.3 is 0 Å². The summed E-state index contributed by atoms with van der Waals surface area (Å²) in [6.07, 6.45) is 4.31. The van der Waals surface area contributed by atoms with Gasteiger partial charge in [-0.15, -0.1) is 0 Å². The van der Waals surface area contributed by atoms with E-state index in [0.29, 0.717) is 11.0 Å². The normalized spacial score (nSPS) is 11.5. The van der Waals surface area contributed by atoms with Crippen LogP contribution < -0.4 is 16.0 Å². The molecule has 0 fully saturated rings. The van der Waals surface area contributed by atoms with Crippen LogP contribution >= 0.6 is 15.9 Å². The topological polar surface area (TPSA) is 97.1 Å². The molecule has 0 spiro atoms. The van der Waals surface area contributed by atoms with E-state index in [-0.39, 0.29) is 10.7 Å². The van der Waals surface area contributed by atoms with Crippen molar-refractivity contribution >= 4 is 31.8 Å². The lowest BCUT2D eigenvalue weighted by molar-refractivity contribution is 0.576. The van der Waals surface area contributed by atoms with E-state index in [1.54, 1.807) is 0 Å². The van der Waals surface area contributed by atoms with E-state index in [4.69, 9.17) is 5.84 Å². The number of aromatic nitrogens is 1. The number of hydrogen-bond acceptors (Lipinski definition) is 5. The van der Waals surface area contributed by atoms with Crippen LogP contribution in [0.25, 0.3) is 0 Å². The highest BCUT2D eigenvalue weighted by Crippen LogP contribution is 2.21. The zero-order chi connectivity index (χ0) is 13.6. The van der Waals surface area contributed by atoms with Gasteiger partial charge in [0.05, 0.1) is 0 Å². The summed E-state index contributed by atoms with van der Waals surface area (Å²) in [6, 6.07) is 1.46. The number of nitrogens with two attached hydrogens (primary N) is 1. The molecular formula is C10H17BrN4O2S. The fourth-order valence-electron chi connectivity index (χ4n) is 1.39. The SMILES string of the molecule is CCCCCNS(=O)(=O)c1cc(Br)cnc1NN. The Hall–Kier alpha value is -0.700. The quantitative estimate of drug-likeness (QED) is 0.399. The average molecular weight is 337 g/mol. The van der Waals surface area contributed by atoms with Crippen LogP contribution in [-0.2, 0) is 10.0 Å². The van der Waals surface area contributed by atoms with Gasteiger partial charge in [0.1, 0.15) is 4.90 Å². The molecule has 0 atom stereocenters. The largest absolute Gasteiger partial charge is 0.307 e. The molecule has 0 aliphatic carbocycles. The van der Waals surface area contributed by atoms with Crippen molar-refractivity contribution in [2.24, 2.45) is 5.84 Å². The fraction of sp³-hybridized carbons (Fsp3) is 0.500. The van der Waals surface area contributed by atoms with Gasteiger partial charge in [0, 0.05) is 17.2 Å². The van der Waals surface area contributed by atoms with E-state index in [1.165, 1.54) is 12.3 Å². The number of sulfonamides is 1. The van der Waals surface area contributed by atoms with Crippen molar-refractivity contribution in [2.45, 2.75) is 31.1 Å². The maximum atomic E-state index is 12.1. The molecule has 18 heavy (non-hydrogen) atoms. The van der Waals surface area contributed by atoms with Crippen molar-refractivity contribution in [2.75, 3.05) is 12.0 Å². The Morgan fingerprint density at radius 1 is 1.44 bits per heavy atom. The molecule has 0 amide bonds. The average Bonchev–Trinajstić information content (AvgIpc) is 2.35. The van der Waals surface area contributed by atoms with Crippen LogP contribution in [0.5, 0.6) is 0 Å². The maximum Gasteiger partial charge on any atom is 0.244 e. The van der Waals surface area contributed by atoms with Crippen molar-refractivity contribution in [3.8, 4) is 0 Å². The Morgan fingerprint density at radius 2 is 2.17 bits per heavy atom. The highest BCUT2D eigenvalue weighted by molar-refractivity contribution is 9.10. The fourth-order valence-corrected chi connectivity index (χ4v) is 3.09. The minimum absolute atomic E-state index is 0.0378. The van der Waals surface area contributed by atoms with Crippen molar-refractivity contribution < 1.29 is 8.42 Å². The van der Waals surface area contributed by atoms with Gasteiger partial charge in [0.2, 0.25) is 10.0 Å². The highest BCUT2D eigenvalue weighted by Gasteiger charge is 2.19. The third-order valence-corrected chi connectivity index (χ3v) is 4.23. The smallest absolute Gasteiger partial charge is 0.244 e. The summed E-state index contributed by atoms with van der Waals surface area (Å²) in [6.45, 7) is 2.47. The first-order valence-corrected chi connectivity index (χ1v) is 7.90. The summed E-state index contributed by atoms with van der Waals surface area (Å²) in [5.74, 6) is 5.38. The van der Waals surface area contributed by atoms with E-state index in [1.807, 2.05) is 0 Å². The van der Waals surface area contributed by atoms with Crippen molar-refractivity contribution in [1.82, 2.24) is 9.71 Å². The van der Waals surface area contributed by atoms with Crippen LogP contribution in [-0.4, -0.2) is 19.9 Å². The van der Waals surface area contributed by atoms with Gasteiger partial charge in [-0.3, -0.25) is 0 Å². The summed E-state index contributed by atoms with van der Waals surface area (Å²) >= 11 is 3.19. The molecular weight excluding hydrogens is 320 g/mol. The van der Waals surface area contributed by atoms with Crippen molar-refractivity contribution in [1.29, 1.82) is 0 Å². The number of nitrogen functional groups attached to an aromatic ring is 1. The molecule has 0 unspecified atom stereocenters. The number of nitrogens with one attached hydrogen (secondary N) is 2. The Labute approximate surface area is 116 Å². The Morgan fingerprint density at radius 3 is 2.78 bits per heavy atom. The first kappa shape index (κ1) is 15.4. The molecule has 0 bridgehead atoms. The molecule has 6 nitrogen and oxygen atoms in total. The Balaban J connectivity index is 2.87. The molecule has 0 aromatic carbocycles. The highest BCUT2D eigenvalue weighted by atomic mass is 79.9. The van der Waals surface area contributed by atoms with Crippen molar-refractivity contribution in [3.05, 3.63) is 16.7 Å². The molecule has 1 aromatic rings. The summed E-state index contributed by atoms with van der Waals surface area (Å²) in [5.41, 5.74) is 2.28. The van der Waals surface area contributed by atoms with Gasteiger partial charge in [-0.1, -0.05) is 19.8 Å². The van der Waals surface area contributed by atoms with Crippen molar-refractivity contribution in [3.63, 3.8) is 0 Å². The van der Waals surface area contributed by atoms with Crippen LogP contribution in [0.4, 0.5) is 5.82 Å². The third-order valence-electron chi connectivity index (χ3n) is 2.32. The zero-order valence-electron chi connectivity index (χ0n) is 10.1. The lowest BCUT2D eigenvalue weighted by Gasteiger charge is -2.10. The first-order valence-electron chi connectivity index (χ1n) is 5.63. The summed E-state index contributed by atoms with van der Waals surface area (Å²) in [5, 5.41) is 0. The number of halogens is 1. The molecule has 1 aromatic heterocycles. The first-order chi connectivity index (χ1) is 8.51. The molecule has 0 aliphatic heterocycles. The Kier molecular flexibility index (Phi) is 6.00. The second kappa shape index (κ2) is 7.03. The van der Waals surface area contributed by atoms with Gasteiger partial charge < -0.3 is 5.43 Å². The van der Waals surface area contributed by atoms with Crippen LogP contribution in [0, 0.1) is 0 Å². The van der Waals surface area contributed by atoms with Crippen LogP contribution in [0.1, 0.15) is 26.2 Å². The molecule has 0 aliphatic rings. The van der Waals surface area contributed by atoms with E-state index in [9.17, 15) is 8.42 Å². The van der Waals surface area contributed by atoms with E-state index >= 15 is 0 Å². The predicted octanol–water partition coefficient (Wildman–Crippen LogP) is 1.60. The molecule has 8 heteroatoms. The lowest BCUT2D eigenvalue weighted by atomic mass is 10.3. The molecule has 4 N–H and O–H groups in total. The monoisotopic (exact) mass is 336 g/mol. The van der Waals surface area contributed by atoms with Gasteiger partial charge in [-0.05, 0) is 28.4 Å². The summed E-state index contributed by atoms with van der Waals surface area (Å²) in [7, 11) is -3.59. The van der Waals surface area contributed by atoms with Gasteiger partial charge in [0.15, 0.2) is 5.82 Å². The van der Waals surface area contributed by atoms with Crippen LogP contribution in [0.2, 0.25) is 0 Å². The number of hydrogen-bond donors (Lipinski definition) is 3. The third kappa shape index (κ3) is 4.20. The number of rotatable bonds is 7. The number of hydrazine groups is 1. The molecule has 0 saturated heterocycles. The second-order valence-corrected chi connectivity index (χ2v) is 6.40. The summed E-state index contributed by atoms with van der Waals surface area (Å²) < 4.78 is 27.2. The van der Waals surface area contributed by atoms with Gasteiger partial charge in [-0.2, -0.15) is 0 Å². The Bertz CT molecular complexity index is 493. The standard InChI is InChI=1S/C10H17BrN4O2S/c1-2-3-4-5-14-18(16,17)9-6-8(11)7-13-10(9)15-12/h6-7,14H,2-5,12H2,1H3,(H,13,15). The van der Waals surface area contributed by atoms with Gasteiger partial charge in [-0.25, -0.2) is 24.0 Å². The number of anilines is 1. The lowest BCUT2D eigenvalue weighted by Crippen LogP contribution is -2.26. The minimum atomic E-state index is -3.59. The molecule has 0 saturated carbocycles. The number of nitrogens with zero attached hydrogens (tertiary/aromatic N) is 1. The predicted molar refractivity (Wildman–Crippen MR) is 74.5 cm³/mol. The number of unbranched alkanes of at least 4 members (excludes halogenated alkanes) is 2. The van der Waals surface area contributed by atoms with Crippen LogP contribution in [0.3, 0.4) is 0 Å². The zero-order valence-corrected chi connectivity index (χ0v) is 12.5. The second-order valence-electron chi connectivity index (χ2n) is 3.75. The maximum absolute atomic E-state index is 12.1. The number of pyridine rings is 1. The minimum Gasteiger partial charge on any atom is -0.307 e. The molecule has 1 rings (SSSR count). The molecule has 0 radical (unpaired) electrons. The molecule has 102 valence electrons. The van der Waals surface area contributed by atoms with Crippen LogP contribution in [0.15, 0.2) is 21.6 Å². The van der Waals surface area contributed by atoms with Gasteiger partial charge in [0.25, 0.3) is 0 Å². The van der Waals surface area contributed by atoms with E-state index in [2.05, 4.69) is 38.0 Å². The van der Waals surface area contributed by atoms with E-state index < -0.39 is 10.0 Å².